The molecule has 1 fully saturated rings. The minimum atomic E-state index is 0.184. The summed E-state index contributed by atoms with van der Waals surface area (Å²) in [6.07, 6.45) is 4.75. The molecule has 2 heteroatoms. The summed E-state index contributed by atoms with van der Waals surface area (Å²) in [6.45, 7) is 5.67. The van der Waals surface area contributed by atoms with Crippen LogP contribution in [0.1, 0.15) is 26.2 Å². The number of hydrogen-bond acceptors (Lipinski definition) is 1. The third-order valence-electron chi connectivity index (χ3n) is 2.16. The number of hydrogen-bond donors (Lipinski definition) is 1. The highest BCUT2D eigenvalue weighted by atomic mass is 16.2. The van der Waals surface area contributed by atoms with Gasteiger partial charge in [-0.1, -0.05) is 6.08 Å². The number of nitrogens with one attached hydrogen (secondary N) is 1. The molecular weight excluding hydrogens is 138 g/mol. The predicted molar refractivity (Wildman–Crippen MR) is 45.1 cm³/mol. The van der Waals surface area contributed by atoms with Crippen molar-refractivity contribution in [2.45, 2.75) is 32.2 Å². The van der Waals surface area contributed by atoms with Gasteiger partial charge in [0.25, 0.3) is 0 Å². The lowest BCUT2D eigenvalue weighted by Gasteiger charge is -2.25. The number of allylic oxidation sites excluding steroid dienone is 1. The van der Waals surface area contributed by atoms with Gasteiger partial charge in [-0.2, -0.15) is 0 Å². The predicted octanol–water partition coefficient (Wildman–Crippen LogP) is 1.48. The molecule has 0 bridgehead atoms. The third kappa shape index (κ3) is 2.07. The van der Waals surface area contributed by atoms with Gasteiger partial charge in [-0.15, -0.1) is 6.58 Å². The zero-order valence-corrected chi connectivity index (χ0v) is 6.97. The molecule has 0 spiro atoms. The number of carbonyl (C=O) groups is 1. The van der Waals surface area contributed by atoms with E-state index in [9.17, 15) is 4.79 Å². The maximum Gasteiger partial charge on any atom is 0.223 e. The largest absolute Gasteiger partial charge is 0.353 e. The maximum absolute atomic E-state index is 11.2. The molecule has 0 saturated carbocycles. The van der Waals surface area contributed by atoms with Crippen molar-refractivity contribution in [3.8, 4) is 0 Å². The van der Waals surface area contributed by atoms with Crippen molar-refractivity contribution in [1.29, 1.82) is 0 Å². The average Bonchev–Trinajstić information content (AvgIpc) is 1.95. The van der Waals surface area contributed by atoms with E-state index in [1.807, 2.05) is 13.0 Å². The second kappa shape index (κ2) is 3.56. The summed E-state index contributed by atoms with van der Waals surface area (Å²) in [5.41, 5.74) is 0. The van der Waals surface area contributed by atoms with Crippen molar-refractivity contribution in [3.63, 3.8) is 0 Å². The lowest BCUT2D eigenvalue weighted by Crippen LogP contribution is -2.42. The quantitative estimate of drug-likeness (QED) is 0.598. The smallest absolute Gasteiger partial charge is 0.223 e. The van der Waals surface area contributed by atoms with Crippen molar-refractivity contribution in [2.75, 3.05) is 0 Å². The molecule has 0 aromatic heterocycles. The fraction of sp³-hybridized carbons (Fsp3) is 0.667. The zero-order chi connectivity index (χ0) is 8.27. The van der Waals surface area contributed by atoms with Crippen molar-refractivity contribution < 1.29 is 4.79 Å². The highest BCUT2D eigenvalue weighted by molar-refractivity contribution is 5.79. The average molecular weight is 153 g/mol. The van der Waals surface area contributed by atoms with Crippen molar-refractivity contribution in [1.82, 2.24) is 5.32 Å². The standard InChI is InChI=1S/C9H15NO/c1-3-4-8-6-5-7(2)10-9(8)11/h3,7-8H,1,4-6H2,2H3,(H,10,11). The summed E-state index contributed by atoms with van der Waals surface area (Å²) in [6, 6.07) is 0.364. The van der Waals surface area contributed by atoms with Crippen LogP contribution < -0.4 is 5.32 Å². The van der Waals surface area contributed by atoms with E-state index in [0.29, 0.717) is 6.04 Å². The summed E-state index contributed by atoms with van der Waals surface area (Å²) < 4.78 is 0. The van der Waals surface area contributed by atoms with Crippen LogP contribution in [0.25, 0.3) is 0 Å². The first-order valence-corrected chi connectivity index (χ1v) is 4.15. The van der Waals surface area contributed by atoms with Gasteiger partial charge in [0, 0.05) is 12.0 Å². The van der Waals surface area contributed by atoms with Gasteiger partial charge >= 0.3 is 0 Å². The van der Waals surface area contributed by atoms with Gasteiger partial charge in [0.15, 0.2) is 0 Å². The molecule has 2 nitrogen and oxygen atoms in total. The van der Waals surface area contributed by atoms with E-state index < -0.39 is 0 Å². The Kier molecular flexibility index (Phi) is 2.69. The normalized spacial score (nSPS) is 31.2. The maximum atomic E-state index is 11.2. The fourth-order valence-corrected chi connectivity index (χ4v) is 1.44. The van der Waals surface area contributed by atoms with E-state index in [2.05, 4.69) is 11.9 Å². The van der Waals surface area contributed by atoms with Gasteiger partial charge in [0.05, 0.1) is 0 Å². The molecule has 1 aliphatic heterocycles. The lowest BCUT2D eigenvalue weighted by atomic mass is 9.92. The Morgan fingerprint density at radius 2 is 2.45 bits per heavy atom. The molecule has 1 amide bonds. The van der Waals surface area contributed by atoms with E-state index in [1.54, 1.807) is 0 Å². The molecule has 0 aliphatic carbocycles. The van der Waals surface area contributed by atoms with E-state index >= 15 is 0 Å². The van der Waals surface area contributed by atoms with Gasteiger partial charge in [-0.3, -0.25) is 4.79 Å². The van der Waals surface area contributed by atoms with Crippen LogP contribution in [0.4, 0.5) is 0 Å². The summed E-state index contributed by atoms with van der Waals surface area (Å²) in [4.78, 5) is 11.2. The van der Waals surface area contributed by atoms with Crippen LogP contribution >= 0.6 is 0 Å². The first-order valence-electron chi connectivity index (χ1n) is 4.15. The van der Waals surface area contributed by atoms with Crippen LogP contribution in [0.15, 0.2) is 12.7 Å². The molecule has 1 rings (SSSR count). The van der Waals surface area contributed by atoms with Crippen molar-refractivity contribution in [2.24, 2.45) is 5.92 Å². The van der Waals surface area contributed by atoms with Gasteiger partial charge in [0.2, 0.25) is 5.91 Å². The molecule has 0 radical (unpaired) electrons. The monoisotopic (exact) mass is 153 g/mol. The molecular formula is C9H15NO. The second-order valence-electron chi connectivity index (χ2n) is 3.21. The Bertz CT molecular complexity index is 165. The molecule has 1 saturated heterocycles. The van der Waals surface area contributed by atoms with E-state index in [0.717, 1.165) is 19.3 Å². The second-order valence-corrected chi connectivity index (χ2v) is 3.21. The minimum Gasteiger partial charge on any atom is -0.353 e. The van der Waals surface area contributed by atoms with Crippen molar-refractivity contribution in [3.05, 3.63) is 12.7 Å². The van der Waals surface area contributed by atoms with Gasteiger partial charge in [-0.05, 0) is 26.2 Å². The first kappa shape index (κ1) is 8.31. The number of amides is 1. The highest BCUT2D eigenvalue weighted by Crippen LogP contribution is 2.18. The molecule has 0 aromatic carbocycles. The molecule has 1 heterocycles. The van der Waals surface area contributed by atoms with Gasteiger partial charge in [-0.25, -0.2) is 0 Å². The van der Waals surface area contributed by atoms with Crippen LogP contribution in [0.2, 0.25) is 0 Å². The van der Waals surface area contributed by atoms with Crippen LogP contribution in [0.5, 0.6) is 0 Å². The molecule has 1 aliphatic rings. The third-order valence-corrected chi connectivity index (χ3v) is 2.16. The van der Waals surface area contributed by atoms with Crippen LogP contribution in [-0.2, 0) is 4.79 Å². The Morgan fingerprint density at radius 3 is 3.00 bits per heavy atom. The summed E-state index contributed by atoms with van der Waals surface area (Å²) in [7, 11) is 0. The van der Waals surface area contributed by atoms with Gasteiger partial charge < -0.3 is 5.32 Å². The Balaban J connectivity index is 2.43. The Hall–Kier alpha value is -0.790. The van der Waals surface area contributed by atoms with E-state index in [1.165, 1.54) is 0 Å². The first-order chi connectivity index (χ1) is 5.24. The fourth-order valence-electron chi connectivity index (χ4n) is 1.44. The zero-order valence-electron chi connectivity index (χ0n) is 6.97. The number of piperidine rings is 1. The summed E-state index contributed by atoms with van der Waals surface area (Å²) in [5.74, 6) is 0.382. The molecule has 62 valence electrons. The van der Waals surface area contributed by atoms with E-state index in [-0.39, 0.29) is 11.8 Å². The van der Waals surface area contributed by atoms with Crippen LogP contribution in [-0.4, -0.2) is 11.9 Å². The summed E-state index contributed by atoms with van der Waals surface area (Å²) >= 11 is 0. The van der Waals surface area contributed by atoms with Crippen LogP contribution in [0, 0.1) is 5.92 Å². The Labute approximate surface area is 67.7 Å². The van der Waals surface area contributed by atoms with E-state index in [4.69, 9.17) is 0 Å². The molecule has 11 heavy (non-hydrogen) atoms. The van der Waals surface area contributed by atoms with Crippen molar-refractivity contribution >= 4 is 5.91 Å². The molecule has 0 aromatic rings. The molecule has 2 unspecified atom stereocenters. The number of carbonyl (C=O) groups excluding carboxylic acids is 1. The lowest BCUT2D eigenvalue weighted by molar-refractivity contribution is -0.127. The van der Waals surface area contributed by atoms with Gasteiger partial charge in [0.1, 0.15) is 0 Å². The molecule has 1 N–H and O–H groups in total. The highest BCUT2D eigenvalue weighted by Gasteiger charge is 2.23. The number of rotatable bonds is 2. The topological polar surface area (TPSA) is 29.1 Å². The minimum absolute atomic E-state index is 0.184. The summed E-state index contributed by atoms with van der Waals surface area (Å²) in [5, 5.41) is 2.93. The Morgan fingerprint density at radius 1 is 1.73 bits per heavy atom. The van der Waals surface area contributed by atoms with Crippen LogP contribution in [0.3, 0.4) is 0 Å². The molecule has 2 atom stereocenters. The SMILES string of the molecule is C=CCC1CCC(C)NC1=O.